The van der Waals surface area contributed by atoms with Crippen molar-refractivity contribution in [1.82, 2.24) is 0 Å². The van der Waals surface area contributed by atoms with Gasteiger partial charge in [-0.3, -0.25) is 0 Å². The topological polar surface area (TPSA) is 0 Å². The van der Waals surface area contributed by atoms with Crippen LogP contribution in [0.15, 0.2) is 170 Å². The summed E-state index contributed by atoms with van der Waals surface area (Å²) in [5, 5.41) is 5.15. The minimum Gasteiger partial charge on any atom is -0.112 e. The first-order valence-corrected chi connectivity index (χ1v) is 26.2. The molecule has 3 aliphatic rings. The van der Waals surface area contributed by atoms with Gasteiger partial charge in [-0.15, -0.1) is 5.73 Å². The Bertz CT molecular complexity index is 3820. The Balaban J connectivity index is 0.00000574. The van der Waals surface area contributed by atoms with E-state index in [4.69, 9.17) is 0 Å². The van der Waals surface area contributed by atoms with Gasteiger partial charge in [-0.2, -0.15) is 0 Å². The average molecular weight is 947 g/mol. The Kier molecular flexibility index (Phi) is 11.0. The third-order valence-corrected chi connectivity index (χ3v) is 16.1. The zero-order valence-corrected chi connectivity index (χ0v) is 44.6. The van der Waals surface area contributed by atoms with Gasteiger partial charge in [-0.05, 0) is 174 Å². The van der Waals surface area contributed by atoms with E-state index in [-0.39, 0.29) is 29.1 Å². The van der Waals surface area contributed by atoms with Gasteiger partial charge in [0.05, 0.1) is 0 Å². The molecule has 0 saturated heterocycles. The highest BCUT2D eigenvalue weighted by atomic mass is 14.4. The van der Waals surface area contributed by atoms with Gasteiger partial charge >= 0.3 is 0 Å². The maximum atomic E-state index is 4.09. The fraction of sp³-hybridized carbons (Fsp3) is 0.247. The number of aryl methyl sites for hydroxylation is 1. The molecule has 9 aromatic rings. The Morgan fingerprint density at radius 2 is 0.740 bits per heavy atom. The van der Waals surface area contributed by atoms with E-state index in [1.807, 2.05) is 0 Å². The van der Waals surface area contributed by atoms with E-state index in [2.05, 4.69) is 260 Å². The molecule has 0 aliphatic heterocycles. The number of hydrogen-bond donors (Lipinski definition) is 0. The van der Waals surface area contributed by atoms with Gasteiger partial charge in [0, 0.05) is 16.7 Å². The number of allylic oxidation sites excluding steroid dienone is 2. The summed E-state index contributed by atoms with van der Waals surface area (Å²) in [4.78, 5) is 0. The van der Waals surface area contributed by atoms with E-state index >= 15 is 0 Å². The van der Waals surface area contributed by atoms with Crippen molar-refractivity contribution in [1.29, 1.82) is 0 Å². The van der Waals surface area contributed by atoms with Crippen LogP contribution in [0.5, 0.6) is 0 Å². The lowest BCUT2D eigenvalue weighted by atomic mass is 9.76. The van der Waals surface area contributed by atoms with Crippen LogP contribution in [0.4, 0.5) is 0 Å². The monoisotopic (exact) mass is 947 g/mol. The highest BCUT2D eigenvalue weighted by molar-refractivity contribution is 6.27. The quantitative estimate of drug-likeness (QED) is 0.154. The van der Waals surface area contributed by atoms with Crippen molar-refractivity contribution in [2.75, 3.05) is 0 Å². The molecule has 0 amide bonds. The molecule has 0 spiro atoms. The first kappa shape index (κ1) is 48.1. The largest absolute Gasteiger partial charge is 0.112 e. The molecule has 0 radical (unpaired) electrons. The van der Waals surface area contributed by atoms with Crippen LogP contribution in [0.3, 0.4) is 0 Å². The van der Waals surface area contributed by atoms with Crippen LogP contribution < -0.4 is 0 Å². The SMILES string of the molecule is C.Cc1cccc2c(-c3cc(C(C)(C)C)cc(C(C)(C)C)c3)c3c(c(-c4ccccc4)c12)-c1ccc2c4c1C3=CC=C=C4c1c-2c(-c2ccccc2)c2ccccc2c1-c1cc(C(C)(C)C)cc(C(C)(C)C)c1. The van der Waals surface area contributed by atoms with E-state index < -0.39 is 0 Å². The lowest BCUT2D eigenvalue weighted by Gasteiger charge is -2.28. The van der Waals surface area contributed by atoms with Crippen molar-refractivity contribution in [3.8, 4) is 66.8 Å². The highest BCUT2D eigenvalue weighted by Gasteiger charge is 2.41. The van der Waals surface area contributed by atoms with Gasteiger partial charge in [0.1, 0.15) is 0 Å². The van der Waals surface area contributed by atoms with Crippen molar-refractivity contribution in [2.45, 2.75) is 119 Å². The van der Waals surface area contributed by atoms with Crippen LogP contribution >= 0.6 is 0 Å². The summed E-state index contributed by atoms with van der Waals surface area (Å²) in [6.45, 7) is 30.6. The van der Waals surface area contributed by atoms with Gasteiger partial charge in [0.15, 0.2) is 0 Å². The molecule has 0 N–H and O–H groups in total. The first-order chi connectivity index (χ1) is 34.2. The van der Waals surface area contributed by atoms with Crippen LogP contribution in [0.2, 0.25) is 0 Å². The fourth-order valence-electron chi connectivity index (χ4n) is 12.2. The first-order valence-electron chi connectivity index (χ1n) is 26.2. The van der Waals surface area contributed by atoms with Crippen molar-refractivity contribution >= 4 is 32.7 Å². The fourth-order valence-corrected chi connectivity index (χ4v) is 12.2. The summed E-state index contributed by atoms with van der Waals surface area (Å²) in [6.07, 6.45) is 4.67. The second-order valence-corrected chi connectivity index (χ2v) is 25.1. The average Bonchev–Trinajstić information content (AvgIpc) is 3.75. The van der Waals surface area contributed by atoms with Gasteiger partial charge < -0.3 is 0 Å². The van der Waals surface area contributed by atoms with E-state index in [0.717, 1.165) is 0 Å². The molecule has 9 aromatic carbocycles. The molecule has 73 heavy (non-hydrogen) atoms. The molecule has 3 aliphatic carbocycles. The van der Waals surface area contributed by atoms with E-state index in [1.165, 1.54) is 150 Å². The summed E-state index contributed by atoms with van der Waals surface area (Å²) in [5.74, 6) is 0. The molecule has 0 atom stereocenters. The van der Waals surface area contributed by atoms with E-state index in [1.54, 1.807) is 0 Å². The molecule has 0 aromatic heterocycles. The van der Waals surface area contributed by atoms with Crippen molar-refractivity contribution in [2.24, 2.45) is 0 Å². The predicted octanol–water partition coefficient (Wildman–Crippen LogP) is 20.8. The summed E-state index contributed by atoms with van der Waals surface area (Å²) in [5.41, 5.74) is 33.7. The lowest BCUT2D eigenvalue weighted by Crippen LogP contribution is -2.16. The second kappa shape index (κ2) is 16.6. The Morgan fingerprint density at radius 1 is 0.329 bits per heavy atom. The molecule has 12 rings (SSSR count). The molecule has 0 fully saturated rings. The van der Waals surface area contributed by atoms with Gasteiger partial charge in [0.25, 0.3) is 0 Å². The van der Waals surface area contributed by atoms with Crippen molar-refractivity contribution in [3.63, 3.8) is 0 Å². The summed E-state index contributed by atoms with van der Waals surface area (Å²) >= 11 is 0. The lowest BCUT2D eigenvalue weighted by molar-refractivity contribution is 0.568. The Labute approximate surface area is 435 Å². The third-order valence-electron chi connectivity index (χ3n) is 16.1. The zero-order valence-electron chi connectivity index (χ0n) is 44.6. The molecule has 0 bridgehead atoms. The van der Waals surface area contributed by atoms with E-state index in [0.29, 0.717) is 0 Å². The van der Waals surface area contributed by atoms with E-state index in [9.17, 15) is 0 Å². The van der Waals surface area contributed by atoms with Crippen LogP contribution in [-0.2, 0) is 21.7 Å². The van der Waals surface area contributed by atoms with Crippen LogP contribution in [0, 0.1) is 6.92 Å². The molecule has 0 nitrogen and oxygen atoms in total. The maximum absolute atomic E-state index is 4.09. The normalized spacial score (nSPS) is 13.6. The van der Waals surface area contributed by atoms with Crippen LogP contribution in [-0.4, -0.2) is 0 Å². The number of hydrogen-bond acceptors (Lipinski definition) is 0. The molecule has 362 valence electrons. The minimum atomic E-state index is -0.0506. The standard InChI is InChI=1S/C72H66.CH4/c1-42-24-22-31-53-58(42)62(44-27-18-15-19-28-44)68-57-35-34-56-63-54(32-23-33-55(64(57)63)66(68)61(53)46-38-49(71(8,9)10)41-50(39-46)72(11,12)13)65-60(45-36-47(69(2,3)4)40-48(37-45)70(5,6)7)52-30-21-20-29-51(52)59(67(56)65)43-25-16-14-17-26-43;/h14-31,33-41H,1-13H3;1H4. The van der Waals surface area contributed by atoms with Crippen molar-refractivity contribution in [3.05, 3.63) is 220 Å². The minimum absolute atomic E-state index is 0. The maximum Gasteiger partial charge on any atom is 0.0335 e. The number of rotatable bonds is 4. The Morgan fingerprint density at radius 3 is 1.23 bits per heavy atom. The Hall–Kier alpha value is -7.24. The smallest absolute Gasteiger partial charge is 0.0335 e. The van der Waals surface area contributed by atoms with Crippen molar-refractivity contribution < 1.29 is 0 Å². The van der Waals surface area contributed by atoms with Gasteiger partial charge in [-0.1, -0.05) is 242 Å². The molecule has 0 saturated carbocycles. The molecule has 0 heteroatoms. The van der Waals surface area contributed by atoms with Crippen LogP contribution in [0.25, 0.3) is 99.5 Å². The second-order valence-electron chi connectivity index (χ2n) is 25.1. The van der Waals surface area contributed by atoms with Gasteiger partial charge in [-0.25, -0.2) is 0 Å². The third kappa shape index (κ3) is 7.47. The zero-order chi connectivity index (χ0) is 50.4. The molecule has 0 heterocycles. The predicted molar refractivity (Wildman–Crippen MR) is 318 cm³/mol. The number of benzene rings is 9. The van der Waals surface area contributed by atoms with Gasteiger partial charge in [0.2, 0.25) is 0 Å². The molecule has 0 unspecified atom stereocenters. The highest BCUT2D eigenvalue weighted by Crippen LogP contribution is 2.64. The summed E-state index contributed by atoms with van der Waals surface area (Å²) in [7, 11) is 0. The molecular formula is C73H70. The molecular weight excluding hydrogens is 877 g/mol. The summed E-state index contributed by atoms with van der Waals surface area (Å²) in [6, 6.07) is 58.4. The number of fused-ring (bicyclic) bond motifs is 8. The summed E-state index contributed by atoms with van der Waals surface area (Å²) < 4.78 is 0. The van der Waals surface area contributed by atoms with Crippen LogP contribution in [0.1, 0.15) is 141 Å².